The second kappa shape index (κ2) is 5.57. The second-order valence-electron chi connectivity index (χ2n) is 4.45. The summed E-state index contributed by atoms with van der Waals surface area (Å²) in [7, 11) is 0. The van der Waals surface area contributed by atoms with Crippen molar-refractivity contribution in [1.82, 2.24) is 0 Å². The summed E-state index contributed by atoms with van der Waals surface area (Å²) >= 11 is 0. The van der Waals surface area contributed by atoms with Crippen molar-refractivity contribution in [3.63, 3.8) is 0 Å². The Balaban J connectivity index is 1.82. The Hall–Kier alpha value is -2.62. The van der Waals surface area contributed by atoms with E-state index in [1.54, 1.807) is 18.3 Å². The topological polar surface area (TPSA) is 47.7 Å². The lowest BCUT2D eigenvalue weighted by molar-refractivity contribution is -0.354. The zero-order chi connectivity index (χ0) is 13.8. The fraction of sp³-hybridized carbons (Fsp3) is 0.125. The fourth-order valence-electron chi connectivity index (χ4n) is 2.01. The maximum atomic E-state index is 12.0. The largest absolute Gasteiger partial charge is 0.618 e. The van der Waals surface area contributed by atoms with Crippen molar-refractivity contribution in [2.75, 3.05) is 13.2 Å². The van der Waals surface area contributed by atoms with Crippen LogP contribution in [-0.2, 0) is 4.74 Å². The standard InChI is InChI=1S/C16H14N2O2/c19-18(12-13-4-2-1-3-5-13)15-8-6-14(7-9-15)16-17-10-11-20-16/h1-9,12H,10-11H2/b18-12+. The maximum absolute atomic E-state index is 12.0. The predicted octanol–water partition coefficient (Wildman–Crippen LogP) is 2.72. The van der Waals surface area contributed by atoms with Crippen molar-refractivity contribution in [2.24, 2.45) is 4.99 Å². The molecule has 0 unspecified atom stereocenters. The van der Waals surface area contributed by atoms with Gasteiger partial charge in [0.25, 0.3) is 0 Å². The van der Waals surface area contributed by atoms with Gasteiger partial charge in [-0.1, -0.05) is 18.2 Å². The van der Waals surface area contributed by atoms with E-state index in [1.165, 1.54) is 0 Å². The molecule has 1 aliphatic rings. The molecular formula is C16H14N2O2. The fourth-order valence-corrected chi connectivity index (χ4v) is 2.01. The third-order valence-corrected chi connectivity index (χ3v) is 3.02. The van der Waals surface area contributed by atoms with Gasteiger partial charge in [-0.3, -0.25) is 0 Å². The van der Waals surface area contributed by atoms with Crippen molar-refractivity contribution < 1.29 is 9.48 Å². The van der Waals surface area contributed by atoms with Crippen LogP contribution in [0.1, 0.15) is 11.1 Å². The quantitative estimate of drug-likeness (QED) is 0.371. The van der Waals surface area contributed by atoms with E-state index >= 15 is 0 Å². The highest BCUT2D eigenvalue weighted by molar-refractivity contribution is 5.95. The maximum Gasteiger partial charge on any atom is 0.216 e. The van der Waals surface area contributed by atoms with E-state index in [0.717, 1.165) is 15.9 Å². The molecule has 2 aromatic carbocycles. The van der Waals surface area contributed by atoms with Gasteiger partial charge in [0.1, 0.15) is 6.61 Å². The zero-order valence-corrected chi connectivity index (χ0v) is 10.9. The number of hydrogen-bond acceptors (Lipinski definition) is 3. The van der Waals surface area contributed by atoms with Crippen molar-refractivity contribution in [1.29, 1.82) is 0 Å². The molecule has 0 atom stereocenters. The Labute approximate surface area is 117 Å². The van der Waals surface area contributed by atoms with Gasteiger partial charge < -0.3 is 9.94 Å². The van der Waals surface area contributed by atoms with E-state index in [1.807, 2.05) is 42.5 Å². The molecule has 2 aromatic rings. The molecule has 0 spiro atoms. The van der Waals surface area contributed by atoms with E-state index in [4.69, 9.17) is 4.74 Å². The summed E-state index contributed by atoms with van der Waals surface area (Å²) < 4.78 is 6.24. The molecule has 0 aromatic heterocycles. The van der Waals surface area contributed by atoms with E-state index < -0.39 is 0 Å². The third kappa shape index (κ3) is 2.69. The summed E-state index contributed by atoms with van der Waals surface area (Å²) in [5.41, 5.74) is 2.35. The van der Waals surface area contributed by atoms with E-state index in [9.17, 15) is 5.21 Å². The Morgan fingerprint density at radius 2 is 1.80 bits per heavy atom. The van der Waals surface area contributed by atoms with Crippen LogP contribution >= 0.6 is 0 Å². The molecule has 3 rings (SSSR count). The van der Waals surface area contributed by atoms with Crippen LogP contribution < -0.4 is 0 Å². The minimum Gasteiger partial charge on any atom is -0.618 e. The van der Waals surface area contributed by atoms with Crippen LogP contribution in [0.5, 0.6) is 0 Å². The number of benzene rings is 2. The van der Waals surface area contributed by atoms with Crippen LogP contribution in [0.15, 0.2) is 59.6 Å². The lowest BCUT2D eigenvalue weighted by atomic mass is 10.2. The van der Waals surface area contributed by atoms with Gasteiger partial charge in [0.15, 0.2) is 6.21 Å². The first-order chi connectivity index (χ1) is 9.83. The van der Waals surface area contributed by atoms with Crippen LogP contribution in [-0.4, -0.2) is 30.0 Å². The van der Waals surface area contributed by atoms with Crippen LogP contribution in [0, 0.1) is 5.21 Å². The molecule has 0 saturated heterocycles. The Kier molecular flexibility index (Phi) is 3.46. The molecule has 20 heavy (non-hydrogen) atoms. The van der Waals surface area contributed by atoms with Gasteiger partial charge >= 0.3 is 0 Å². The highest BCUT2D eigenvalue weighted by Crippen LogP contribution is 2.15. The number of ether oxygens (including phenoxy) is 1. The molecule has 0 saturated carbocycles. The monoisotopic (exact) mass is 266 g/mol. The first-order valence-corrected chi connectivity index (χ1v) is 6.47. The summed E-state index contributed by atoms with van der Waals surface area (Å²) in [6.07, 6.45) is 1.55. The Bertz CT molecular complexity index is 646. The first kappa shape index (κ1) is 12.4. The van der Waals surface area contributed by atoms with Crippen molar-refractivity contribution in [3.05, 3.63) is 70.9 Å². The van der Waals surface area contributed by atoms with Gasteiger partial charge in [-0.25, -0.2) is 4.99 Å². The minimum absolute atomic E-state index is 0.580. The minimum atomic E-state index is 0.580. The summed E-state index contributed by atoms with van der Waals surface area (Å²) in [6.45, 7) is 1.33. The molecular weight excluding hydrogens is 252 g/mol. The SMILES string of the molecule is [O-]/[N+](=C/c1ccccc1)c1ccc(C2=NCCO2)cc1. The third-order valence-electron chi connectivity index (χ3n) is 3.02. The Morgan fingerprint density at radius 3 is 2.45 bits per heavy atom. The molecule has 4 heteroatoms. The highest BCUT2D eigenvalue weighted by Gasteiger charge is 2.11. The molecule has 0 bridgehead atoms. The van der Waals surface area contributed by atoms with Gasteiger partial charge in [0.2, 0.25) is 11.6 Å². The van der Waals surface area contributed by atoms with Gasteiger partial charge in [0.05, 0.1) is 6.54 Å². The number of hydrogen-bond donors (Lipinski definition) is 0. The lowest BCUT2D eigenvalue weighted by Crippen LogP contribution is -2.02. The molecule has 1 heterocycles. The summed E-state index contributed by atoms with van der Waals surface area (Å²) in [5.74, 6) is 0.654. The van der Waals surface area contributed by atoms with Crippen molar-refractivity contribution in [3.8, 4) is 0 Å². The summed E-state index contributed by atoms with van der Waals surface area (Å²) in [5, 5.41) is 12.0. The van der Waals surface area contributed by atoms with Crippen LogP contribution in [0.4, 0.5) is 5.69 Å². The number of rotatable bonds is 3. The van der Waals surface area contributed by atoms with Gasteiger partial charge in [-0.2, -0.15) is 4.74 Å². The number of nitrogens with zero attached hydrogens (tertiary/aromatic N) is 2. The summed E-state index contributed by atoms with van der Waals surface area (Å²) in [6, 6.07) is 16.7. The van der Waals surface area contributed by atoms with E-state index in [2.05, 4.69) is 4.99 Å². The van der Waals surface area contributed by atoms with Crippen LogP contribution in [0.3, 0.4) is 0 Å². The zero-order valence-electron chi connectivity index (χ0n) is 10.9. The average molecular weight is 266 g/mol. The summed E-state index contributed by atoms with van der Waals surface area (Å²) in [4.78, 5) is 4.24. The van der Waals surface area contributed by atoms with Crippen LogP contribution in [0.2, 0.25) is 0 Å². The van der Waals surface area contributed by atoms with Crippen molar-refractivity contribution in [2.45, 2.75) is 0 Å². The molecule has 0 aliphatic carbocycles. The number of aliphatic imine (C=N–C) groups is 1. The van der Waals surface area contributed by atoms with E-state index in [-0.39, 0.29) is 0 Å². The molecule has 0 N–H and O–H groups in total. The van der Waals surface area contributed by atoms with E-state index in [0.29, 0.717) is 24.7 Å². The van der Waals surface area contributed by atoms with Crippen LogP contribution in [0.25, 0.3) is 0 Å². The average Bonchev–Trinajstić information content (AvgIpc) is 3.03. The smallest absolute Gasteiger partial charge is 0.216 e. The molecule has 100 valence electrons. The van der Waals surface area contributed by atoms with Gasteiger partial charge in [-0.15, -0.1) is 0 Å². The predicted molar refractivity (Wildman–Crippen MR) is 78.7 cm³/mol. The second-order valence-corrected chi connectivity index (χ2v) is 4.45. The molecule has 0 radical (unpaired) electrons. The lowest BCUT2D eigenvalue weighted by Gasteiger charge is -2.05. The molecule has 4 nitrogen and oxygen atoms in total. The highest BCUT2D eigenvalue weighted by atomic mass is 16.5. The first-order valence-electron chi connectivity index (χ1n) is 6.47. The van der Waals surface area contributed by atoms with Gasteiger partial charge in [-0.05, 0) is 24.3 Å². The molecule has 1 aliphatic heterocycles. The van der Waals surface area contributed by atoms with Crippen molar-refractivity contribution >= 4 is 17.8 Å². The normalized spacial score (nSPS) is 14.8. The van der Waals surface area contributed by atoms with Gasteiger partial charge in [0, 0.05) is 23.3 Å². The molecule has 0 fully saturated rings. The Morgan fingerprint density at radius 1 is 1.05 bits per heavy atom. The molecule has 0 amide bonds.